The van der Waals surface area contributed by atoms with Gasteiger partial charge in [0.25, 0.3) is 11.8 Å². The number of hydrogen-bond acceptors (Lipinski definition) is 10. The van der Waals surface area contributed by atoms with Gasteiger partial charge in [-0.1, -0.05) is 35.4 Å². The van der Waals surface area contributed by atoms with E-state index in [-0.39, 0.29) is 25.0 Å². The maximum Gasteiger partial charge on any atom is 0.253 e. The summed E-state index contributed by atoms with van der Waals surface area (Å²) in [5, 5.41) is 0. The Balaban J connectivity index is 1.64. The largest absolute Gasteiger partial charge is 0.379 e. The van der Waals surface area contributed by atoms with Crippen molar-refractivity contribution in [1.29, 1.82) is 0 Å². The molecule has 0 aromatic rings. The average Bonchev–Trinajstić information content (AvgIpc) is 3.24. The molecule has 1 heterocycles. The second-order valence-corrected chi connectivity index (χ2v) is 9.24. The predicted octanol–water partition coefficient (Wildman–Crippen LogP) is 2.04. The van der Waals surface area contributed by atoms with E-state index >= 15 is 0 Å². The van der Waals surface area contributed by atoms with Gasteiger partial charge in [0.2, 0.25) is 0 Å². The number of carbonyl (C=O) groups is 2. The van der Waals surface area contributed by atoms with Crippen LogP contribution in [0.4, 0.5) is 0 Å². The lowest BCUT2D eigenvalue weighted by atomic mass is 10.2. The molecule has 2 amide bonds. The Hall–Kier alpha value is -0.710. The minimum Gasteiger partial charge on any atom is -0.379 e. The third kappa shape index (κ3) is 22.1. The molecule has 0 saturated carbocycles. The van der Waals surface area contributed by atoms with Gasteiger partial charge in [0.05, 0.1) is 106 Å². The molecular weight excluding hydrogens is 613 g/mol. The molecule has 0 aromatic carbocycles. The van der Waals surface area contributed by atoms with Crippen LogP contribution in [0.1, 0.15) is 25.7 Å². The van der Waals surface area contributed by atoms with Crippen molar-refractivity contribution in [2.45, 2.75) is 25.7 Å². The van der Waals surface area contributed by atoms with Crippen molar-refractivity contribution in [2.75, 3.05) is 117 Å². The number of unbranched alkanes of at least 4 members (excludes halogenated alkanes) is 3. The third-order valence-corrected chi connectivity index (χ3v) is 5.90. The summed E-state index contributed by atoms with van der Waals surface area (Å²) in [5.41, 5.74) is 0. The van der Waals surface area contributed by atoms with E-state index in [9.17, 15) is 9.59 Å². The maximum absolute atomic E-state index is 11.4. The first-order valence-electron chi connectivity index (χ1n) is 13.5. The number of alkyl halides is 1. The molecule has 0 fully saturated rings. The van der Waals surface area contributed by atoms with Crippen molar-refractivity contribution < 1.29 is 47.5 Å². The molecule has 12 heteroatoms. The third-order valence-electron chi connectivity index (χ3n) is 5.14. The van der Waals surface area contributed by atoms with E-state index in [2.05, 4.69) is 22.6 Å². The smallest absolute Gasteiger partial charge is 0.253 e. The zero-order chi connectivity index (χ0) is 27.4. The summed E-state index contributed by atoms with van der Waals surface area (Å²) in [7, 11) is 0. The van der Waals surface area contributed by atoms with Crippen LogP contribution < -0.4 is 0 Å². The molecule has 1 aliphatic rings. The first-order valence-corrected chi connectivity index (χ1v) is 15.0. The molecule has 0 aromatic heterocycles. The number of amides is 2. The van der Waals surface area contributed by atoms with E-state index in [0.29, 0.717) is 92.5 Å². The monoisotopic (exact) mass is 659 g/mol. The highest BCUT2D eigenvalue weighted by atomic mass is 127. The second kappa shape index (κ2) is 27.8. The van der Waals surface area contributed by atoms with Crippen LogP contribution in [0.15, 0.2) is 12.2 Å². The highest BCUT2D eigenvalue weighted by Crippen LogP contribution is 2.03. The van der Waals surface area contributed by atoms with Crippen LogP contribution in [0, 0.1) is 0 Å². The van der Waals surface area contributed by atoms with Gasteiger partial charge in [0.1, 0.15) is 0 Å². The highest BCUT2D eigenvalue weighted by molar-refractivity contribution is 14.1. The lowest BCUT2D eigenvalue weighted by molar-refractivity contribution is -0.137. The van der Waals surface area contributed by atoms with Gasteiger partial charge < -0.3 is 37.9 Å². The van der Waals surface area contributed by atoms with Crippen LogP contribution in [0.25, 0.3) is 0 Å². The summed E-state index contributed by atoms with van der Waals surface area (Å²) in [6, 6.07) is 0. The summed E-state index contributed by atoms with van der Waals surface area (Å²) < 4.78 is 44.8. The number of ether oxygens (including phenoxy) is 8. The SMILES string of the molecule is O=C1C=CC(=O)N1CCOCCOCCOCCOCCOCCOCCOCCOCCCCCCI. The minimum absolute atomic E-state index is 0.248. The van der Waals surface area contributed by atoms with Gasteiger partial charge in [-0.2, -0.15) is 0 Å². The fourth-order valence-electron chi connectivity index (χ4n) is 3.10. The molecule has 0 spiro atoms. The lowest BCUT2D eigenvalue weighted by Crippen LogP contribution is -2.33. The van der Waals surface area contributed by atoms with E-state index in [0.717, 1.165) is 17.9 Å². The van der Waals surface area contributed by atoms with Crippen molar-refractivity contribution in [3.05, 3.63) is 12.2 Å². The fraction of sp³-hybridized carbons (Fsp3) is 0.846. The van der Waals surface area contributed by atoms with Crippen LogP contribution >= 0.6 is 22.6 Å². The Bertz CT molecular complexity index is 578. The zero-order valence-corrected chi connectivity index (χ0v) is 24.8. The van der Waals surface area contributed by atoms with Gasteiger partial charge in [-0.15, -0.1) is 0 Å². The molecule has 222 valence electrons. The molecule has 0 unspecified atom stereocenters. The summed E-state index contributed by atoms with van der Waals surface area (Å²) in [4.78, 5) is 23.9. The second-order valence-electron chi connectivity index (χ2n) is 8.16. The van der Waals surface area contributed by atoms with E-state index in [1.807, 2.05) is 0 Å². The Kier molecular flexibility index (Phi) is 25.9. The number of hydrogen-bond donors (Lipinski definition) is 0. The minimum atomic E-state index is -0.300. The molecule has 0 saturated heterocycles. The van der Waals surface area contributed by atoms with Crippen molar-refractivity contribution >= 4 is 34.4 Å². The van der Waals surface area contributed by atoms with Gasteiger partial charge in [-0.25, -0.2) is 0 Å². The van der Waals surface area contributed by atoms with Crippen LogP contribution in [-0.4, -0.2) is 133 Å². The van der Waals surface area contributed by atoms with E-state index < -0.39 is 0 Å². The highest BCUT2D eigenvalue weighted by Gasteiger charge is 2.22. The van der Waals surface area contributed by atoms with Gasteiger partial charge in [0, 0.05) is 18.8 Å². The zero-order valence-electron chi connectivity index (χ0n) is 22.6. The quantitative estimate of drug-likeness (QED) is 0.0492. The summed E-state index contributed by atoms with van der Waals surface area (Å²) in [6.07, 6.45) is 7.48. The van der Waals surface area contributed by atoms with Crippen LogP contribution in [0.3, 0.4) is 0 Å². The van der Waals surface area contributed by atoms with Crippen LogP contribution in [0.5, 0.6) is 0 Å². The van der Waals surface area contributed by atoms with Gasteiger partial charge >= 0.3 is 0 Å². The number of rotatable bonds is 30. The first-order chi connectivity index (χ1) is 18.8. The Morgan fingerprint density at radius 2 is 0.763 bits per heavy atom. The molecular formula is C26H46INO10. The number of halogens is 1. The fourth-order valence-corrected chi connectivity index (χ4v) is 3.64. The molecule has 0 bridgehead atoms. The normalized spacial score (nSPS) is 13.3. The number of nitrogens with zero attached hydrogens (tertiary/aromatic N) is 1. The molecule has 1 rings (SSSR count). The van der Waals surface area contributed by atoms with Crippen LogP contribution in [-0.2, 0) is 47.5 Å². The van der Waals surface area contributed by atoms with Gasteiger partial charge in [-0.05, 0) is 17.3 Å². The van der Waals surface area contributed by atoms with Crippen molar-refractivity contribution in [2.24, 2.45) is 0 Å². The Morgan fingerprint density at radius 3 is 1.13 bits per heavy atom. The molecule has 0 radical (unpaired) electrons. The average molecular weight is 660 g/mol. The Labute approximate surface area is 240 Å². The van der Waals surface area contributed by atoms with E-state index in [1.165, 1.54) is 35.8 Å². The molecule has 38 heavy (non-hydrogen) atoms. The summed E-state index contributed by atoms with van der Waals surface area (Å²) >= 11 is 2.41. The lowest BCUT2D eigenvalue weighted by Gasteiger charge is -2.13. The predicted molar refractivity (Wildman–Crippen MR) is 150 cm³/mol. The topological polar surface area (TPSA) is 111 Å². The van der Waals surface area contributed by atoms with Crippen molar-refractivity contribution in [3.8, 4) is 0 Å². The number of carbonyl (C=O) groups excluding carboxylic acids is 2. The van der Waals surface area contributed by atoms with Crippen molar-refractivity contribution in [1.82, 2.24) is 4.90 Å². The summed E-state index contributed by atoms with van der Waals surface area (Å²) in [5.74, 6) is -0.600. The molecule has 1 aliphatic heterocycles. The van der Waals surface area contributed by atoms with Gasteiger partial charge in [-0.3, -0.25) is 14.5 Å². The molecule has 0 atom stereocenters. The van der Waals surface area contributed by atoms with E-state index in [1.54, 1.807) is 0 Å². The summed E-state index contributed by atoms with van der Waals surface area (Å²) in [6.45, 7) is 8.47. The molecule has 0 N–H and O–H groups in total. The first kappa shape index (κ1) is 35.3. The molecule has 11 nitrogen and oxygen atoms in total. The van der Waals surface area contributed by atoms with Gasteiger partial charge in [0.15, 0.2) is 0 Å². The number of imide groups is 1. The van der Waals surface area contributed by atoms with Crippen LogP contribution in [0.2, 0.25) is 0 Å². The Morgan fingerprint density at radius 1 is 0.447 bits per heavy atom. The maximum atomic E-state index is 11.4. The van der Waals surface area contributed by atoms with E-state index in [4.69, 9.17) is 37.9 Å². The molecule has 0 aliphatic carbocycles. The standard InChI is InChI=1S/C26H46INO10/c27-7-3-1-2-4-9-31-11-13-33-15-17-35-19-21-37-23-24-38-22-20-36-18-16-34-14-12-32-10-8-28-25(29)5-6-26(28)30/h5-6H,1-4,7-24H2. The van der Waals surface area contributed by atoms with Crippen molar-refractivity contribution in [3.63, 3.8) is 0 Å².